The number of benzene rings is 1. The molecular formula is C28H44N4O3. The zero-order chi connectivity index (χ0) is 27.0. The second-order valence-corrected chi connectivity index (χ2v) is 9.04. The SMILES string of the molecule is C=O.C=O.CC.CCC(C)(C)C.Cc1ccc2c(c1)c(-c1ccnc(C)n1)nn2C1CCCCO1. The van der Waals surface area contributed by atoms with Crippen molar-refractivity contribution in [3.63, 3.8) is 0 Å². The summed E-state index contributed by atoms with van der Waals surface area (Å²) in [6.07, 6.45) is 6.40. The average molecular weight is 485 g/mol. The minimum absolute atomic E-state index is 0.0191. The zero-order valence-corrected chi connectivity index (χ0v) is 22.9. The molecule has 35 heavy (non-hydrogen) atoms. The molecule has 3 heterocycles. The smallest absolute Gasteiger partial charge is 0.150 e. The van der Waals surface area contributed by atoms with Gasteiger partial charge in [0.15, 0.2) is 6.23 Å². The molecule has 1 aromatic carbocycles. The van der Waals surface area contributed by atoms with Crippen LogP contribution in [0.1, 0.15) is 84.8 Å². The van der Waals surface area contributed by atoms with Crippen molar-refractivity contribution in [2.45, 2.75) is 87.3 Å². The summed E-state index contributed by atoms with van der Waals surface area (Å²) in [6.45, 7) is 21.7. The predicted molar refractivity (Wildman–Crippen MR) is 144 cm³/mol. The van der Waals surface area contributed by atoms with E-state index in [2.05, 4.69) is 62.8 Å². The highest BCUT2D eigenvalue weighted by atomic mass is 16.5. The lowest BCUT2D eigenvalue weighted by Crippen LogP contribution is -2.19. The summed E-state index contributed by atoms with van der Waals surface area (Å²) in [5, 5.41) is 5.99. The van der Waals surface area contributed by atoms with Crippen LogP contribution < -0.4 is 0 Å². The Kier molecular flexibility index (Phi) is 15.3. The summed E-state index contributed by atoms with van der Waals surface area (Å²) in [5.41, 5.74) is 4.63. The average Bonchev–Trinajstić information content (AvgIpc) is 3.27. The molecule has 1 fully saturated rings. The van der Waals surface area contributed by atoms with Crippen LogP contribution in [0.4, 0.5) is 0 Å². The van der Waals surface area contributed by atoms with Crippen LogP contribution in [-0.2, 0) is 14.3 Å². The molecule has 1 aliphatic heterocycles. The van der Waals surface area contributed by atoms with E-state index in [0.717, 1.165) is 47.6 Å². The van der Waals surface area contributed by atoms with Gasteiger partial charge in [0.1, 0.15) is 25.1 Å². The fourth-order valence-electron chi connectivity index (χ4n) is 3.17. The summed E-state index contributed by atoms with van der Waals surface area (Å²) in [7, 11) is 0. The van der Waals surface area contributed by atoms with Crippen molar-refractivity contribution in [2.24, 2.45) is 5.41 Å². The number of hydrogen-bond donors (Lipinski definition) is 0. The summed E-state index contributed by atoms with van der Waals surface area (Å²) >= 11 is 0. The maximum absolute atomic E-state index is 8.00. The van der Waals surface area contributed by atoms with Crippen LogP contribution in [-0.4, -0.2) is 39.9 Å². The van der Waals surface area contributed by atoms with Gasteiger partial charge in [-0.2, -0.15) is 5.10 Å². The van der Waals surface area contributed by atoms with E-state index in [1.807, 2.05) is 45.1 Å². The van der Waals surface area contributed by atoms with Crippen LogP contribution in [0.2, 0.25) is 0 Å². The quantitative estimate of drug-likeness (QED) is 0.393. The second-order valence-electron chi connectivity index (χ2n) is 9.04. The third-order valence-corrected chi connectivity index (χ3v) is 5.37. The Hall–Kier alpha value is -2.93. The van der Waals surface area contributed by atoms with E-state index in [1.54, 1.807) is 6.20 Å². The normalized spacial score (nSPS) is 14.6. The van der Waals surface area contributed by atoms with Crippen LogP contribution in [0.3, 0.4) is 0 Å². The van der Waals surface area contributed by atoms with Crippen molar-refractivity contribution in [1.29, 1.82) is 0 Å². The molecule has 0 radical (unpaired) electrons. The van der Waals surface area contributed by atoms with Gasteiger partial charge >= 0.3 is 0 Å². The van der Waals surface area contributed by atoms with E-state index in [4.69, 9.17) is 19.4 Å². The van der Waals surface area contributed by atoms with Crippen LogP contribution in [0.25, 0.3) is 22.3 Å². The predicted octanol–water partition coefficient (Wildman–Crippen LogP) is 6.91. The van der Waals surface area contributed by atoms with E-state index in [-0.39, 0.29) is 6.23 Å². The zero-order valence-electron chi connectivity index (χ0n) is 22.9. The standard InChI is InChI=1S/C18H20N4O.C6H14.C2H6.2CH2O/c1-12-6-7-16-14(11-12)18(15-8-9-19-13(2)20-15)21-22(16)17-5-3-4-10-23-17;1-5-6(2,3)4;3*1-2/h6-9,11,17H,3-5,10H2,1-2H3;5H2,1-4H3;1-2H3;2*1H2. The van der Waals surface area contributed by atoms with E-state index >= 15 is 0 Å². The molecule has 0 bridgehead atoms. The Bertz CT molecular complexity index is 988. The van der Waals surface area contributed by atoms with E-state index in [1.165, 1.54) is 18.4 Å². The van der Waals surface area contributed by atoms with Gasteiger partial charge in [-0.3, -0.25) is 0 Å². The fourth-order valence-corrected chi connectivity index (χ4v) is 3.17. The molecule has 1 saturated heterocycles. The third-order valence-electron chi connectivity index (χ3n) is 5.37. The Labute approximate surface area is 211 Å². The number of aromatic nitrogens is 4. The number of fused-ring (bicyclic) bond motifs is 1. The van der Waals surface area contributed by atoms with Crippen molar-refractivity contribution >= 4 is 24.5 Å². The van der Waals surface area contributed by atoms with Gasteiger partial charge in [0.05, 0.1) is 11.2 Å². The molecule has 0 aliphatic carbocycles. The number of hydrogen-bond acceptors (Lipinski definition) is 6. The van der Waals surface area contributed by atoms with Crippen molar-refractivity contribution in [3.05, 3.63) is 41.9 Å². The molecular weight excluding hydrogens is 440 g/mol. The topological polar surface area (TPSA) is 87.0 Å². The van der Waals surface area contributed by atoms with Gasteiger partial charge < -0.3 is 14.3 Å². The molecule has 1 aliphatic rings. The van der Waals surface area contributed by atoms with Gasteiger partial charge in [-0.1, -0.05) is 59.6 Å². The molecule has 7 heteroatoms. The van der Waals surface area contributed by atoms with Crippen molar-refractivity contribution in [2.75, 3.05) is 6.61 Å². The molecule has 3 aromatic rings. The number of carbonyl (C=O) groups excluding carboxylic acids is 2. The van der Waals surface area contributed by atoms with E-state index < -0.39 is 0 Å². The molecule has 194 valence electrons. The Morgan fingerprint density at radius 1 is 1.06 bits per heavy atom. The lowest BCUT2D eigenvalue weighted by atomic mass is 9.94. The number of rotatable bonds is 2. The number of nitrogens with zero attached hydrogens (tertiary/aromatic N) is 4. The number of aryl methyl sites for hydroxylation is 2. The van der Waals surface area contributed by atoms with Gasteiger partial charge in [0.2, 0.25) is 0 Å². The Balaban J connectivity index is 0.000000826. The maximum atomic E-state index is 8.00. The third kappa shape index (κ3) is 10.1. The van der Waals surface area contributed by atoms with Crippen LogP contribution in [0, 0.1) is 19.3 Å². The van der Waals surface area contributed by atoms with E-state index in [9.17, 15) is 0 Å². The summed E-state index contributed by atoms with van der Waals surface area (Å²) in [4.78, 5) is 24.7. The monoisotopic (exact) mass is 484 g/mol. The molecule has 2 aromatic heterocycles. The molecule has 0 amide bonds. The van der Waals surface area contributed by atoms with Gasteiger partial charge in [-0.25, -0.2) is 14.6 Å². The first-order chi connectivity index (χ1) is 16.8. The van der Waals surface area contributed by atoms with Crippen LogP contribution in [0.15, 0.2) is 30.5 Å². The van der Waals surface area contributed by atoms with Gasteiger partial charge in [-0.05, 0) is 56.7 Å². The molecule has 0 N–H and O–H groups in total. The number of carbonyl (C=O) groups is 2. The van der Waals surface area contributed by atoms with E-state index in [0.29, 0.717) is 5.41 Å². The van der Waals surface area contributed by atoms with Gasteiger partial charge in [0, 0.05) is 18.2 Å². The summed E-state index contributed by atoms with van der Waals surface area (Å²) in [5.74, 6) is 0.756. The highest BCUT2D eigenvalue weighted by molar-refractivity contribution is 5.92. The molecule has 7 nitrogen and oxygen atoms in total. The fraction of sp³-hybridized carbons (Fsp3) is 0.536. The van der Waals surface area contributed by atoms with Crippen LogP contribution in [0.5, 0.6) is 0 Å². The first kappa shape index (κ1) is 32.1. The molecule has 0 spiro atoms. The maximum Gasteiger partial charge on any atom is 0.150 e. The lowest BCUT2D eigenvalue weighted by Gasteiger charge is -2.23. The van der Waals surface area contributed by atoms with Crippen molar-refractivity contribution < 1.29 is 14.3 Å². The van der Waals surface area contributed by atoms with Gasteiger partial charge in [-0.15, -0.1) is 0 Å². The minimum Gasteiger partial charge on any atom is -0.356 e. The first-order valence-electron chi connectivity index (χ1n) is 12.3. The molecule has 1 atom stereocenters. The lowest BCUT2D eigenvalue weighted by molar-refractivity contribution is -0.0987. The Morgan fingerprint density at radius 3 is 2.20 bits per heavy atom. The van der Waals surface area contributed by atoms with Crippen molar-refractivity contribution in [1.82, 2.24) is 19.7 Å². The summed E-state index contributed by atoms with van der Waals surface area (Å²) in [6, 6.07) is 8.35. The molecule has 1 unspecified atom stereocenters. The first-order valence-corrected chi connectivity index (χ1v) is 12.3. The van der Waals surface area contributed by atoms with Crippen LogP contribution >= 0.6 is 0 Å². The molecule has 0 saturated carbocycles. The Morgan fingerprint density at radius 2 is 1.69 bits per heavy atom. The molecule has 4 rings (SSSR count). The largest absolute Gasteiger partial charge is 0.356 e. The number of ether oxygens (including phenoxy) is 1. The van der Waals surface area contributed by atoms with Gasteiger partial charge in [0.25, 0.3) is 0 Å². The minimum atomic E-state index is 0.0191. The summed E-state index contributed by atoms with van der Waals surface area (Å²) < 4.78 is 7.97. The van der Waals surface area contributed by atoms with Crippen molar-refractivity contribution in [3.8, 4) is 11.4 Å². The highest BCUT2D eigenvalue weighted by Gasteiger charge is 2.22. The highest BCUT2D eigenvalue weighted by Crippen LogP contribution is 2.32. The second kappa shape index (κ2) is 16.7.